The van der Waals surface area contributed by atoms with E-state index in [9.17, 15) is 9.59 Å². The number of benzene rings is 1. The maximum absolute atomic E-state index is 12.3. The number of anilines is 1. The zero-order chi connectivity index (χ0) is 17.2. The van der Waals surface area contributed by atoms with E-state index in [2.05, 4.69) is 20.6 Å². The summed E-state index contributed by atoms with van der Waals surface area (Å²) in [6, 6.07) is 12.8. The fourth-order valence-electron chi connectivity index (χ4n) is 2.55. The first kappa shape index (κ1) is 15.3. The van der Waals surface area contributed by atoms with Crippen LogP contribution in [0.2, 0.25) is 0 Å². The van der Waals surface area contributed by atoms with Gasteiger partial charge in [0, 0.05) is 11.5 Å². The molecule has 0 atom stereocenters. The third kappa shape index (κ3) is 3.07. The van der Waals surface area contributed by atoms with Crippen molar-refractivity contribution in [2.24, 2.45) is 0 Å². The van der Waals surface area contributed by atoms with Crippen molar-refractivity contribution >= 4 is 34.0 Å². The van der Waals surface area contributed by atoms with Crippen LogP contribution in [-0.2, 0) is 11.3 Å². The minimum atomic E-state index is -0.273. The van der Waals surface area contributed by atoms with Crippen LogP contribution in [0.25, 0.3) is 21.5 Å². The van der Waals surface area contributed by atoms with Gasteiger partial charge in [0.25, 0.3) is 0 Å². The number of para-hydroxylation sites is 1. The van der Waals surface area contributed by atoms with Gasteiger partial charge in [0.2, 0.25) is 11.3 Å². The Hall–Kier alpha value is -3.26. The molecule has 0 spiro atoms. The van der Waals surface area contributed by atoms with Gasteiger partial charge in [-0.1, -0.05) is 18.2 Å². The molecule has 0 fully saturated rings. The Labute approximate surface area is 145 Å². The van der Waals surface area contributed by atoms with Gasteiger partial charge < -0.3 is 5.32 Å². The topological polar surface area (TPSA) is 92.7 Å². The number of nitrogens with zero attached hydrogens (tertiary/aromatic N) is 3. The molecular formula is C17H13N5O2S. The summed E-state index contributed by atoms with van der Waals surface area (Å²) in [7, 11) is 0. The summed E-state index contributed by atoms with van der Waals surface area (Å²) < 4.78 is 1.50. The van der Waals surface area contributed by atoms with Crippen LogP contribution in [0.15, 0.2) is 58.8 Å². The average Bonchev–Trinajstić information content (AvgIpc) is 3.29. The lowest BCUT2D eigenvalue weighted by Crippen LogP contribution is -2.22. The molecule has 4 aromatic rings. The number of amides is 1. The summed E-state index contributed by atoms with van der Waals surface area (Å²) in [6.07, 6.45) is 1.22. The highest BCUT2D eigenvalue weighted by Crippen LogP contribution is 2.24. The van der Waals surface area contributed by atoms with Crippen molar-refractivity contribution in [1.29, 1.82) is 0 Å². The largest absolute Gasteiger partial charge is 0.308 e. The van der Waals surface area contributed by atoms with Gasteiger partial charge in [0.1, 0.15) is 6.54 Å². The number of hydrogen-bond donors (Lipinski definition) is 2. The number of carbonyl (C=O) groups is 1. The van der Waals surface area contributed by atoms with Crippen molar-refractivity contribution in [2.45, 2.75) is 6.54 Å². The number of rotatable bonds is 4. The number of carbonyl (C=O) groups excluding carboxylic acids is 1. The molecule has 25 heavy (non-hydrogen) atoms. The molecule has 0 aliphatic carbocycles. The summed E-state index contributed by atoms with van der Waals surface area (Å²) in [5, 5.41) is 16.3. The smallest absolute Gasteiger partial charge is 0.247 e. The van der Waals surface area contributed by atoms with E-state index in [-0.39, 0.29) is 17.9 Å². The lowest BCUT2D eigenvalue weighted by Gasteiger charge is -2.08. The second-order valence-corrected chi connectivity index (χ2v) is 6.32. The maximum atomic E-state index is 12.3. The second kappa shape index (κ2) is 6.33. The fraction of sp³-hybridized carbons (Fsp3) is 0.0588. The number of hydrogen-bond acceptors (Lipinski definition) is 5. The van der Waals surface area contributed by atoms with Gasteiger partial charge in [-0.2, -0.15) is 10.2 Å². The second-order valence-electron chi connectivity index (χ2n) is 5.38. The van der Waals surface area contributed by atoms with E-state index in [4.69, 9.17) is 0 Å². The molecule has 7 nitrogen and oxygen atoms in total. The first-order valence-corrected chi connectivity index (χ1v) is 8.43. The lowest BCUT2D eigenvalue weighted by molar-refractivity contribution is -0.116. The van der Waals surface area contributed by atoms with Gasteiger partial charge >= 0.3 is 0 Å². The molecule has 1 aromatic carbocycles. The highest BCUT2D eigenvalue weighted by Gasteiger charge is 2.11. The third-order valence-electron chi connectivity index (χ3n) is 3.69. The highest BCUT2D eigenvalue weighted by molar-refractivity contribution is 7.13. The Balaban J connectivity index is 1.53. The van der Waals surface area contributed by atoms with E-state index >= 15 is 0 Å². The normalized spacial score (nSPS) is 10.9. The zero-order valence-corrected chi connectivity index (χ0v) is 13.8. The van der Waals surface area contributed by atoms with Gasteiger partial charge in [0.05, 0.1) is 22.3 Å². The van der Waals surface area contributed by atoms with Crippen LogP contribution in [-0.4, -0.2) is 25.9 Å². The predicted octanol–water partition coefficient (Wildman–Crippen LogP) is 2.49. The molecule has 1 amide bonds. The van der Waals surface area contributed by atoms with Crippen LogP contribution >= 0.6 is 11.3 Å². The monoisotopic (exact) mass is 351 g/mol. The SMILES string of the molecule is O=C(Cn1ncc(=O)c2ccccc21)Nc1cc(-c2cccs2)[nH]n1. The third-order valence-corrected chi connectivity index (χ3v) is 4.59. The quantitative estimate of drug-likeness (QED) is 0.591. The van der Waals surface area contributed by atoms with Crippen molar-refractivity contribution in [3.05, 3.63) is 64.3 Å². The molecule has 0 bridgehead atoms. The molecule has 3 heterocycles. The van der Waals surface area contributed by atoms with Crippen molar-refractivity contribution in [2.75, 3.05) is 5.32 Å². The highest BCUT2D eigenvalue weighted by atomic mass is 32.1. The van der Waals surface area contributed by atoms with Gasteiger partial charge in [-0.05, 0) is 23.6 Å². The molecule has 0 saturated carbocycles. The van der Waals surface area contributed by atoms with Gasteiger partial charge in [0.15, 0.2) is 5.82 Å². The number of aromatic amines is 1. The molecular weight excluding hydrogens is 338 g/mol. The van der Waals surface area contributed by atoms with Crippen LogP contribution in [0.4, 0.5) is 5.82 Å². The van der Waals surface area contributed by atoms with Crippen LogP contribution in [0.3, 0.4) is 0 Å². The molecule has 0 saturated heterocycles. The van der Waals surface area contributed by atoms with Crippen molar-refractivity contribution < 1.29 is 4.79 Å². The van der Waals surface area contributed by atoms with Gasteiger partial charge in [-0.15, -0.1) is 11.3 Å². The first-order chi connectivity index (χ1) is 12.2. The van der Waals surface area contributed by atoms with Crippen molar-refractivity contribution in [3.8, 4) is 10.6 Å². The molecule has 0 unspecified atom stereocenters. The van der Waals surface area contributed by atoms with E-state index in [1.54, 1.807) is 41.7 Å². The van der Waals surface area contributed by atoms with Gasteiger partial charge in [-0.25, -0.2) is 0 Å². The Bertz CT molecular complexity index is 1100. The summed E-state index contributed by atoms with van der Waals surface area (Å²) in [6.45, 7) is -0.0119. The predicted molar refractivity (Wildman–Crippen MR) is 96.5 cm³/mol. The van der Waals surface area contributed by atoms with E-state index in [0.29, 0.717) is 16.7 Å². The fourth-order valence-corrected chi connectivity index (χ4v) is 3.24. The average molecular weight is 351 g/mol. The molecule has 3 aromatic heterocycles. The van der Waals surface area contributed by atoms with Crippen LogP contribution < -0.4 is 10.7 Å². The molecule has 4 rings (SSSR count). The minimum Gasteiger partial charge on any atom is -0.308 e. The number of fused-ring (bicyclic) bond motifs is 1. The molecule has 2 N–H and O–H groups in total. The summed E-state index contributed by atoms with van der Waals surface area (Å²) in [5.74, 6) is 0.171. The number of nitrogens with one attached hydrogen (secondary N) is 2. The lowest BCUT2D eigenvalue weighted by atomic mass is 10.2. The molecule has 124 valence electrons. The van der Waals surface area contributed by atoms with E-state index < -0.39 is 0 Å². The number of thiophene rings is 1. The standard InChI is InChI=1S/C17H13N5O2S/c23-14-9-18-22(13-5-2-1-4-11(13)14)10-17(24)19-16-8-12(20-21-16)15-6-3-7-25-15/h1-9H,10H2,(H2,19,20,21,24). The maximum Gasteiger partial charge on any atom is 0.247 e. The van der Waals surface area contributed by atoms with E-state index in [1.807, 2.05) is 17.5 Å². The summed E-state index contributed by atoms with van der Waals surface area (Å²) in [4.78, 5) is 25.2. The minimum absolute atomic E-state index is 0.0119. The molecule has 0 aliphatic heterocycles. The number of H-pyrrole nitrogens is 1. The first-order valence-electron chi connectivity index (χ1n) is 7.55. The Morgan fingerprint density at radius 1 is 1.24 bits per heavy atom. The van der Waals surface area contributed by atoms with Crippen LogP contribution in [0.5, 0.6) is 0 Å². The number of aromatic nitrogens is 4. The summed E-state index contributed by atoms with van der Waals surface area (Å²) in [5.41, 5.74) is 1.30. The van der Waals surface area contributed by atoms with Crippen molar-refractivity contribution in [1.82, 2.24) is 20.0 Å². The molecule has 0 radical (unpaired) electrons. The summed E-state index contributed by atoms with van der Waals surface area (Å²) >= 11 is 1.59. The zero-order valence-electron chi connectivity index (χ0n) is 13.0. The Morgan fingerprint density at radius 3 is 2.96 bits per heavy atom. The molecule has 8 heteroatoms. The van der Waals surface area contributed by atoms with Gasteiger partial charge in [-0.3, -0.25) is 19.4 Å². The van der Waals surface area contributed by atoms with Crippen LogP contribution in [0, 0.1) is 0 Å². The van der Waals surface area contributed by atoms with E-state index in [1.165, 1.54) is 10.9 Å². The van der Waals surface area contributed by atoms with E-state index in [0.717, 1.165) is 10.6 Å². The molecule has 0 aliphatic rings. The van der Waals surface area contributed by atoms with Crippen LogP contribution in [0.1, 0.15) is 0 Å². The Kier molecular flexibility index (Phi) is 3.87. The van der Waals surface area contributed by atoms with Crippen molar-refractivity contribution in [3.63, 3.8) is 0 Å². The Morgan fingerprint density at radius 2 is 2.12 bits per heavy atom.